The quantitative estimate of drug-likeness (QED) is 0.614. The van der Waals surface area contributed by atoms with Crippen LogP contribution in [0.4, 0.5) is 4.79 Å². The summed E-state index contributed by atoms with van der Waals surface area (Å²) >= 11 is 0. The van der Waals surface area contributed by atoms with Gasteiger partial charge in [-0.1, -0.05) is 18.2 Å². The molecule has 0 spiro atoms. The SMILES string of the molecule is CN(C(=O)c1ccccc1C=O)N1CC(=O)NC1=O. The highest BCUT2D eigenvalue weighted by Gasteiger charge is 2.33. The van der Waals surface area contributed by atoms with Crippen molar-refractivity contribution in [3.8, 4) is 0 Å². The van der Waals surface area contributed by atoms with Crippen molar-refractivity contribution >= 4 is 24.1 Å². The van der Waals surface area contributed by atoms with Crippen LogP contribution in [0.5, 0.6) is 0 Å². The van der Waals surface area contributed by atoms with Crippen molar-refractivity contribution in [2.45, 2.75) is 0 Å². The molecule has 0 aromatic heterocycles. The third-order valence-corrected chi connectivity index (χ3v) is 2.75. The average Bonchev–Trinajstić information content (AvgIpc) is 2.76. The zero-order chi connectivity index (χ0) is 14.0. The molecular weight excluding hydrogens is 250 g/mol. The molecule has 0 atom stereocenters. The molecule has 0 unspecified atom stereocenters. The van der Waals surface area contributed by atoms with Gasteiger partial charge in [0.15, 0.2) is 6.29 Å². The van der Waals surface area contributed by atoms with E-state index in [2.05, 4.69) is 5.32 Å². The van der Waals surface area contributed by atoms with Crippen molar-refractivity contribution in [2.75, 3.05) is 13.6 Å². The molecule has 0 bridgehead atoms. The van der Waals surface area contributed by atoms with Crippen LogP contribution in [0.2, 0.25) is 0 Å². The molecule has 1 N–H and O–H groups in total. The zero-order valence-electron chi connectivity index (χ0n) is 10.1. The first-order valence-corrected chi connectivity index (χ1v) is 5.48. The van der Waals surface area contributed by atoms with E-state index in [9.17, 15) is 19.2 Å². The lowest BCUT2D eigenvalue weighted by atomic mass is 10.1. The number of hydrazine groups is 1. The molecule has 1 heterocycles. The number of amides is 4. The highest BCUT2D eigenvalue weighted by molar-refractivity contribution is 6.05. The van der Waals surface area contributed by atoms with Gasteiger partial charge in [0, 0.05) is 12.6 Å². The van der Waals surface area contributed by atoms with E-state index in [0.29, 0.717) is 6.29 Å². The third-order valence-electron chi connectivity index (χ3n) is 2.75. The molecule has 7 heteroatoms. The predicted molar refractivity (Wildman–Crippen MR) is 64.2 cm³/mol. The molecule has 1 fully saturated rings. The monoisotopic (exact) mass is 261 g/mol. The Morgan fingerprint density at radius 1 is 1.37 bits per heavy atom. The van der Waals surface area contributed by atoms with Crippen LogP contribution in [0.1, 0.15) is 20.7 Å². The summed E-state index contributed by atoms with van der Waals surface area (Å²) in [6.45, 7) is -0.218. The van der Waals surface area contributed by atoms with Gasteiger partial charge in [0.05, 0.1) is 5.56 Å². The number of hydrogen-bond donors (Lipinski definition) is 1. The van der Waals surface area contributed by atoms with Crippen molar-refractivity contribution in [3.05, 3.63) is 35.4 Å². The Kier molecular flexibility index (Phi) is 3.28. The lowest BCUT2D eigenvalue weighted by Gasteiger charge is -2.26. The molecule has 98 valence electrons. The third kappa shape index (κ3) is 2.30. The van der Waals surface area contributed by atoms with Gasteiger partial charge in [-0.15, -0.1) is 0 Å². The number of carbonyl (C=O) groups is 4. The minimum absolute atomic E-state index is 0.173. The topological polar surface area (TPSA) is 86.8 Å². The molecule has 1 saturated heterocycles. The molecule has 7 nitrogen and oxygen atoms in total. The normalized spacial score (nSPS) is 14.3. The number of hydrogen-bond acceptors (Lipinski definition) is 4. The molecular formula is C12H11N3O4. The molecule has 0 radical (unpaired) electrons. The first-order valence-electron chi connectivity index (χ1n) is 5.48. The van der Waals surface area contributed by atoms with Gasteiger partial charge in [-0.2, -0.15) is 0 Å². The van der Waals surface area contributed by atoms with Crippen LogP contribution < -0.4 is 5.32 Å². The summed E-state index contributed by atoms with van der Waals surface area (Å²) in [5, 5.41) is 4.06. The Morgan fingerprint density at radius 2 is 2.05 bits per heavy atom. The summed E-state index contributed by atoms with van der Waals surface area (Å²) in [6.07, 6.45) is 0.566. The largest absolute Gasteiger partial charge is 0.343 e. The van der Waals surface area contributed by atoms with Crippen molar-refractivity contribution in [1.29, 1.82) is 0 Å². The number of nitrogens with zero attached hydrogens (tertiary/aromatic N) is 2. The summed E-state index contributed by atoms with van der Waals surface area (Å²) in [4.78, 5) is 45.6. The number of benzene rings is 1. The van der Waals surface area contributed by atoms with E-state index in [1.165, 1.54) is 19.2 Å². The van der Waals surface area contributed by atoms with Crippen LogP contribution in [0.15, 0.2) is 24.3 Å². The second-order valence-electron chi connectivity index (χ2n) is 3.94. The van der Waals surface area contributed by atoms with E-state index in [-0.39, 0.29) is 17.7 Å². The fraction of sp³-hybridized carbons (Fsp3) is 0.167. The molecule has 2 rings (SSSR count). The zero-order valence-corrected chi connectivity index (χ0v) is 10.1. The van der Waals surface area contributed by atoms with E-state index in [1.807, 2.05) is 0 Å². The van der Waals surface area contributed by atoms with Gasteiger partial charge in [0.1, 0.15) is 6.54 Å². The van der Waals surface area contributed by atoms with Crippen LogP contribution in [-0.2, 0) is 4.79 Å². The Balaban J connectivity index is 2.26. The first-order chi connectivity index (χ1) is 9.04. The van der Waals surface area contributed by atoms with Gasteiger partial charge in [0.25, 0.3) is 5.91 Å². The Morgan fingerprint density at radius 3 is 2.63 bits per heavy atom. The maximum Gasteiger partial charge on any atom is 0.343 e. The fourth-order valence-electron chi connectivity index (χ4n) is 1.75. The number of carbonyl (C=O) groups excluding carboxylic acids is 4. The van der Waals surface area contributed by atoms with Crippen LogP contribution in [0, 0.1) is 0 Å². The van der Waals surface area contributed by atoms with Crippen LogP contribution in [0.3, 0.4) is 0 Å². The molecule has 0 aliphatic carbocycles. The van der Waals surface area contributed by atoms with Crippen LogP contribution in [0.25, 0.3) is 0 Å². The average molecular weight is 261 g/mol. The summed E-state index contributed by atoms with van der Waals surface area (Å²) in [5.74, 6) is -1.01. The maximum atomic E-state index is 12.2. The number of rotatable bonds is 3. The van der Waals surface area contributed by atoms with Crippen molar-refractivity contribution in [2.24, 2.45) is 0 Å². The van der Waals surface area contributed by atoms with E-state index in [4.69, 9.17) is 0 Å². The second-order valence-corrected chi connectivity index (χ2v) is 3.94. The van der Waals surface area contributed by atoms with E-state index in [1.54, 1.807) is 12.1 Å². The van der Waals surface area contributed by atoms with Crippen molar-refractivity contribution < 1.29 is 19.2 Å². The Bertz CT molecular complexity index is 570. The summed E-state index contributed by atoms with van der Waals surface area (Å²) < 4.78 is 0. The number of imide groups is 1. The van der Waals surface area contributed by atoms with Gasteiger partial charge in [-0.3, -0.25) is 19.7 Å². The predicted octanol–water partition coefficient (Wildman–Crippen LogP) is 0.0379. The fourth-order valence-corrected chi connectivity index (χ4v) is 1.75. The minimum atomic E-state index is -0.663. The van der Waals surface area contributed by atoms with Gasteiger partial charge in [-0.25, -0.2) is 14.8 Å². The summed E-state index contributed by atoms with van der Waals surface area (Å²) in [7, 11) is 1.36. The second kappa shape index (κ2) is 4.89. The molecule has 1 aromatic rings. The van der Waals surface area contributed by atoms with Gasteiger partial charge < -0.3 is 0 Å². The highest BCUT2D eigenvalue weighted by atomic mass is 16.2. The van der Waals surface area contributed by atoms with Crippen molar-refractivity contribution in [1.82, 2.24) is 15.3 Å². The van der Waals surface area contributed by atoms with Crippen LogP contribution >= 0.6 is 0 Å². The Labute approximate surface area is 108 Å². The molecule has 19 heavy (non-hydrogen) atoms. The highest BCUT2D eigenvalue weighted by Crippen LogP contribution is 2.12. The van der Waals surface area contributed by atoms with E-state index in [0.717, 1.165) is 10.0 Å². The Hall–Kier alpha value is -2.70. The number of urea groups is 1. The summed E-state index contributed by atoms with van der Waals surface area (Å²) in [5.41, 5.74) is 0.400. The van der Waals surface area contributed by atoms with Gasteiger partial charge in [-0.05, 0) is 6.07 Å². The molecule has 1 aliphatic rings. The standard InChI is InChI=1S/C12H11N3O4/c1-14(15-6-10(17)13-12(15)19)11(18)9-5-3-2-4-8(9)7-16/h2-5,7H,6H2,1H3,(H,13,17,19). The van der Waals surface area contributed by atoms with E-state index < -0.39 is 17.8 Å². The maximum absolute atomic E-state index is 12.2. The minimum Gasteiger partial charge on any atom is -0.298 e. The lowest BCUT2D eigenvalue weighted by molar-refractivity contribution is -0.119. The molecule has 1 aliphatic heterocycles. The first kappa shape index (κ1) is 12.7. The van der Waals surface area contributed by atoms with Crippen LogP contribution in [-0.4, -0.2) is 47.7 Å². The molecule has 4 amide bonds. The van der Waals surface area contributed by atoms with Gasteiger partial charge in [0.2, 0.25) is 5.91 Å². The van der Waals surface area contributed by atoms with E-state index >= 15 is 0 Å². The van der Waals surface area contributed by atoms with Crippen molar-refractivity contribution in [3.63, 3.8) is 0 Å². The molecule has 0 saturated carbocycles. The molecule has 1 aromatic carbocycles. The number of aldehydes is 1. The summed E-state index contributed by atoms with van der Waals surface area (Å²) in [6, 6.07) is 5.57. The van der Waals surface area contributed by atoms with Gasteiger partial charge >= 0.3 is 6.03 Å². The smallest absolute Gasteiger partial charge is 0.298 e. The number of nitrogens with one attached hydrogen (secondary N) is 1. The lowest BCUT2D eigenvalue weighted by Crippen LogP contribution is -2.45.